The van der Waals surface area contributed by atoms with E-state index in [0.717, 1.165) is 11.4 Å². The molecule has 2 saturated carbocycles. The van der Waals surface area contributed by atoms with E-state index in [9.17, 15) is 9.59 Å². The van der Waals surface area contributed by atoms with Crippen molar-refractivity contribution in [3.05, 3.63) is 35.9 Å². The molecule has 1 aliphatic heterocycles. The van der Waals surface area contributed by atoms with Crippen LogP contribution in [0.4, 0.5) is 0 Å². The van der Waals surface area contributed by atoms with E-state index in [2.05, 4.69) is 17.3 Å². The van der Waals surface area contributed by atoms with E-state index in [1.807, 2.05) is 0 Å². The van der Waals surface area contributed by atoms with E-state index in [0.29, 0.717) is 28.9 Å². The van der Waals surface area contributed by atoms with Crippen LogP contribution in [0, 0.1) is 35.5 Å². The Morgan fingerprint density at radius 3 is 2.27 bits per heavy atom. The summed E-state index contributed by atoms with van der Waals surface area (Å²) in [4.78, 5) is 25.8. The van der Waals surface area contributed by atoms with Gasteiger partial charge in [-0.05, 0) is 42.2 Å². The number of carbonyl (C=O) groups excluding carboxylic acids is 2. The number of methoxy groups -OCH3 is 2. The molecule has 134 valence electrons. The lowest BCUT2D eigenvalue weighted by Gasteiger charge is -2.37. The fourth-order valence-corrected chi connectivity index (χ4v) is 5.10. The Labute approximate surface area is 151 Å². The highest BCUT2D eigenvalue weighted by Crippen LogP contribution is 2.65. The second kappa shape index (κ2) is 5.43. The van der Waals surface area contributed by atoms with Gasteiger partial charge in [-0.25, -0.2) is 0 Å². The van der Waals surface area contributed by atoms with Crippen LogP contribution in [-0.4, -0.2) is 37.3 Å². The third-order valence-electron chi connectivity index (χ3n) is 6.39. The fourth-order valence-electron chi connectivity index (χ4n) is 5.10. The first-order chi connectivity index (χ1) is 12.6. The van der Waals surface area contributed by atoms with Crippen molar-refractivity contribution in [1.82, 2.24) is 5.01 Å². The molecule has 1 heterocycles. The molecule has 5 aliphatic rings. The number of allylic oxidation sites excluding steroid dienone is 2. The molecule has 1 aromatic rings. The van der Waals surface area contributed by atoms with Crippen LogP contribution in [0.5, 0.6) is 11.5 Å². The molecule has 0 N–H and O–H groups in total. The third-order valence-corrected chi connectivity index (χ3v) is 6.39. The molecular formula is C20H20N2O4. The lowest BCUT2D eigenvalue weighted by molar-refractivity contribution is -0.140. The molecule has 2 amide bonds. The quantitative estimate of drug-likeness (QED) is 0.473. The van der Waals surface area contributed by atoms with Crippen molar-refractivity contribution in [2.45, 2.75) is 6.42 Å². The summed E-state index contributed by atoms with van der Waals surface area (Å²) in [6.07, 6.45) is 6.99. The highest BCUT2D eigenvalue weighted by atomic mass is 16.5. The number of hydrazone groups is 1. The molecule has 6 heteroatoms. The largest absolute Gasteiger partial charge is 0.497 e. The van der Waals surface area contributed by atoms with Crippen molar-refractivity contribution in [2.24, 2.45) is 40.6 Å². The Kier molecular flexibility index (Phi) is 3.26. The van der Waals surface area contributed by atoms with E-state index in [1.54, 1.807) is 32.4 Å². The zero-order valence-corrected chi connectivity index (χ0v) is 14.7. The van der Waals surface area contributed by atoms with Gasteiger partial charge >= 0.3 is 0 Å². The van der Waals surface area contributed by atoms with E-state index in [-0.39, 0.29) is 35.5 Å². The van der Waals surface area contributed by atoms with Crippen molar-refractivity contribution in [2.75, 3.05) is 14.2 Å². The first-order valence-corrected chi connectivity index (χ1v) is 8.96. The van der Waals surface area contributed by atoms with Gasteiger partial charge in [0.15, 0.2) is 0 Å². The summed E-state index contributed by atoms with van der Waals surface area (Å²) in [7, 11) is 3.14. The predicted molar refractivity (Wildman–Crippen MR) is 93.7 cm³/mol. The molecule has 26 heavy (non-hydrogen) atoms. The number of carbonyl (C=O) groups is 2. The van der Waals surface area contributed by atoms with Crippen LogP contribution < -0.4 is 9.47 Å². The van der Waals surface area contributed by atoms with Gasteiger partial charge in [-0.1, -0.05) is 12.2 Å². The molecule has 0 unspecified atom stereocenters. The second-order valence-electron chi connectivity index (χ2n) is 7.50. The SMILES string of the molecule is COc1ccc(/C=N\N2C(=O)[C@@H]3[C@H]4C=C[C@@H]([C@@H]5C[C@H]45)[C@H]3C2=O)c(OC)c1. The van der Waals surface area contributed by atoms with Crippen LogP contribution in [0.15, 0.2) is 35.5 Å². The van der Waals surface area contributed by atoms with E-state index in [1.165, 1.54) is 6.21 Å². The van der Waals surface area contributed by atoms with Gasteiger partial charge in [0.1, 0.15) is 11.5 Å². The first kappa shape index (κ1) is 15.6. The fraction of sp³-hybridized carbons (Fsp3) is 0.450. The van der Waals surface area contributed by atoms with E-state index in [4.69, 9.17) is 9.47 Å². The molecule has 6 rings (SSSR count). The van der Waals surface area contributed by atoms with Gasteiger partial charge in [0.05, 0.1) is 32.3 Å². The number of benzene rings is 1. The maximum atomic E-state index is 12.9. The third kappa shape index (κ3) is 2.01. The van der Waals surface area contributed by atoms with Crippen LogP contribution in [0.25, 0.3) is 0 Å². The number of hydrogen-bond acceptors (Lipinski definition) is 5. The zero-order valence-electron chi connectivity index (χ0n) is 14.7. The van der Waals surface area contributed by atoms with E-state index >= 15 is 0 Å². The van der Waals surface area contributed by atoms with Crippen molar-refractivity contribution >= 4 is 18.0 Å². The van der Waals surface area contributed by atoms with E-state index < -0.39 is 0 Å². The zero-order chi connectivity index (χ0) is 18.0. The molecule has 6 nitrogen and oxygen atoms in total. The Bertz CT molecular complexity index is 825. The normalized spacial score (nSPS) is 36.5. The summed E-state index contributed by atoms with van der Waals surface area (Å²) in [5.41, 5.74) is 0.688. The monoisotopic (exact) mass is 352 g/mol. The average Bonchev–Trinajstić information content (AvgIpc) is 3.45. The first-order valence-electron chi connectivity index (χ1n) is 8.96. The van der Waals surface area contributed by atoms with Crippen LogP contribution in [0.2, 0.25) is 0 Å². The molecule has 6 atom stereocenters. The van der Waals surface area contributed by atoms with Gasteiger partial charge in [0.25, 0.3) is 11.8 Å². The summed E-state index contributed by atoms with van der Waals surface area (Å²) < 4.78 is 10.5. The topological polar surface area (TPSA) is 68.2 Å². The Morgan fingerprint density at radius 1 is 1.04 bits per heavy atom. The van der Waals surface area contributed by atoms with Crippen molar-refractivity contribution in [1.29, 1.82) is 0 Å². The molecule has 2 bridgehead atoms. The molecule has 0 radical (unpaired) electrons. The molecule has 1 saturated heterocycles. The predicted octanol–water partition coefficient (Wildman–Crippen LogP) is 2.09. The number of rotatable bonds is 4. The average molecular weight is 352 g/mol. The Balaban J connectivity index is 1.43. The number of amides is 2. The molecular weight excluding hydrogens is 332 g/mol. The summed E-state index contributed by atoms with van der Waals surface area (Å²) >= 11 is 0. The number of nitrogens with zero attached hydrogens (tertiary/aromatic N) is 2. The lowest BCUT2D eigenvalue weighted by Crippen LogP contribution is -2.40. The van der Waals surface area contributed by atoms with Crippen molar-refractivity contribution in [3.8, 4) is 11.5 Å². The minimum Gasteiger partial charge on any atom is -0.497 e. The molecule has 0 aromatic heterocycles. The molecule has 1 aromatic carbocycles. The smallest absolute Gasteiger partial charge is 0.254 e. The maximum Gasteiger partial charge on any atom is 0.254 e. The maximum absolute atomic E-state index is 12.9. The summed E-state index contributed by atoms with van der Waals surface area (Å²) in [5, 5.41) is 5.32. The summed E-state index contributed by atoms with van der Waals surface area (Å²) in [6.45, 7) is 0. The second-order valence-corrected chi connectivity index (χ2v) is 7.50. The molecule has 3 fully saturated rings. The number of hydrogen-bond donors (Lipinski definition) is 0. The van der Waals surface area contributed by atoms with Crippen LogP contribution in [0.1, 0.15) is 12.0 Å². The molecule has 4 aliphatic carbocycles. The lowest BCUT2D eigenvalue weighted by atomic mass is 9.63. The Hall–Kier alpha value is -2.63. The highest BCUT2D eigenvalue weighted by molar-refractivity contribution is 6.06. The minimum atomic E-state index is -0.226. The Morgan fingerprint density at radius 2 is 1.69 bits per heavy atom. The summed E-state index contributed by atoms with van der Waals surface area (Å²) in [6, 6.07) is 5.32. The molecule has 0 spiro atoms. The summed E-state index contributed by atoms with van der Waals surface area (Å²) in [5.74, 6) is 2.08. The number of ether oxygens (including phenoxy) is 2. The number of imide groups is 1. The van der Waals surface area contributed by atoms with Crippen molar-refractivity contribution in [3.63, 3.8) is 0 Å². The van der Waals surface area contributed by atoms with Crippen LogP contribution in [0.3, 0.4) is 0 Å². The standard InChI is InChI=1S/C20H20N2O4/c1-25-11-4-3-10(16(7-11)26-2)9-21-22-19(23)17-12-5-6-13(15-8-14(12)15)18(17)20(22)24/h3-7,9,12-15,17-18H,8H2,1-2H3/b21-9-/t12-,13-,14-,15+,17+,18+/m0/s1. The van der Waals surface area contributed by atoms with Gasteiger partial charge < -0.3 is 9.47 Å². The van der Waals surface area contributed by atoms with Crippen LogP contribution in [-0.2, 0) is 9.59 Å². The van der Waals surface area contributed by atoms with Gasteiger partial charge in [-0.3, -0.25) is 9.59 Å². The van der Waals surface area contributed by atoms with Gasteiger partial charge in [-0.15, -0.1) is 0 Å². The van der Waals surface area contributed by atoms with Crippen molar-refractivity contribution < 1.29 is 19.1 Å². The highest BCUT2D eigenvalue weighted by Gasteiger charge is 2.67. The van der Waals surface area contributed by atoms with Gasteiger partial charge in [0.2, 0.25) is 0 Å². The van der Waals surface area contributed by atoms with Crippen LogP contribution >= 0.6 is 0 Å². The minimum absolute atomic E-state index is 0.159. The van der Waals surface area contributed by atoms with Gasteiger partial charge in [0, 0.05) is 11.6 Å². The van der Waals surface area contributed by atoms with Gasteiger partial charge in [-0.2, -0.15) is 10.1 Å².